The van der Waals surface area contributed by atoms with Crippen LogP contribution in [0, 0.1) is 6.92 Å². The van der Waals surface area contributed by atoms with E-state index in [1.165, 1.54) is 0 Å². The van der Waals surface area contributed by atoms with Crippen molar-refractivity contribution in [3.8, 4) is 0 Å². The van der Waals surface area contributed by atoms with Crippen LogP contribution < -0.4 is 0 Å². The van der Waals surface area contributed by atoms with Crippen molar-refractivity contribution in [2.24, 2.45) is 7.05 Å². The number of Topliss-reactive ketones (excluding diaryl/α,β-unsaturated/α-hetero) is 1. The second kappa shape index (κ2) is 4.67. The molecule has 0 aliphatic heterocycles. The SMILES string of the molecule is Cc1nn(C)c(CC(=O)c2cccnc2)c1Cl. The molecule has 2 heterocycles. The molecule has 17 heavy (non-hydrogen) atoms. The van der Waals surface area contributed by atoms with Gasteiger partial charge < -0.3 is 0 Å². The largest absolute Gasteiger partial charge is 0.294 e. The summed E-state index contributed by atoms with van der Waals surface area (Å²) in [4.78, 5) is 15.9. The third-order valence-corrected chi connectivity index (χ3v) is 3.06. The van der Waals surface area contributed by atoms with Gasteiger partial charge in [-0.15, -0.1) is 0 Å². The number of rotatable bonds is 3. The molecule has 0 aromatic carbocycles. The van der Waals surface area contributed by atoms with Crippen LogP contribution in [-0.4, -0.2) is 20.5 Å². The lowest BCUT2D eigenvalue weighted by molar-refractivity contribution is 0.0990. The lowest BCUT2D eigenvalue weighted by Gasteiger charge is -2.02. The molecule has 0 aliphatic rings. The molecule has 0 atom stereocenters. The zero-order valence-corrected chi connectivity index (χ0v) is 10.4. The minimum absolute atomic E-state index is 0.0111. The number of nitrogens with zero attached hydrogens (tertiary/aromatic N) is 3. The van der Waals surface area contributed by atoms with Crippen molar-refractivity contribution in [2.45, 2.75) is 13.3 Å². The minimum Gasteiger partial charge on any atom is -0.294 e. The molecule has 0 N–H and O–H groups in total. The van der Waals surface area contributed by atoms with Crippen molar-refractivity contribution in [1.29, 1.82) is 0 Å². The Hall–Kier alpha value is -1.68. The summed E-state index contributed by atoms with van der Waals surface area (Å²) in [6.07, 6.45) is 3.43. The van der Waals surface area contributed by atoms with Crippen LogP contribution in [0.25, 0.3) is 0 Å². The summed E-state index contributed by atoms with van der Waals surface area (Å²) in [5.74, 6) is -0.0111. The van der Waals surface area contributed by atoms with Crippen LogP contribution >= 0.6 is 11.6 Å². The van der Waals surface area contributed by atoms with Gasteiger partial charge in [-0.05, 0) is 19.1 Å². The van der Waals surface area contributed by atoms with Gasteiger partial charge in [0, 0.05) is 25.0 Å². The van der Waals surface area contributed by atoms with Gasteiger partial charge in [-0.3, -0.25) is 14.5 Å². The number of hydrogen-bond donors (Lipinski definition) is 0. The zero-order chi connectivity index (χ0) is 12.4. The second-order valence-corrected chi connectivity index (χ2v) is 4.19. The number of hydrogen-bond acceptors (Lipinski definition) is 3. The highest BCUT2D eigenvalue weighted by molar-refractivity contribution is 6.32. The smallest absolute Gasteiger partial charge is 0.170 e. The summed E-state index contributed by atoms with van der Waals surface area (Å²) in [5, 5.41) is 4.73. The van der Waals surface area contributed by atoms with Gasteiger partial charge in [0.25, 0.3) is 0 Å². The van der Waals surface area contributed by atoms with E-state index in [1.807, 2.05) is 6.92 Å². The summed E-state index contributed by atoms with van der Waals surface area (Å²) in [5.41, 5.74) is 2.06. The maximum absolute atomic E-state index is 12.0. The first-order chi connectivity index (χ1) is 8.09. The standard InChI is InChI=1S/C12H12ClN3O/c1-8-12(13)10(16(2)15-8)6-11(17)9-4-3-5-14-7-9/h3-5,7H,6H2,1-2H3. The van der Waals surface area contributed by atoms with E-state index in [2.05, 4.69) is 10.1 Å². The molecule has 0 spiro atoms. The fraction of sp³-hybridized carbons (Fsp3) is 0.250. The van der Waals surface area contributed by atoms with Gasteiger partial charge in [0.05, 0.1) is 22.8 Å². The number of pyridine rings is 1. The third-order valence-electron chi connectivity index (χ3n) is 2.57. The molecular weight excluding hydrogens is 238 g/mol. The van der Waals surface area contributed by atoms with Crippen molar-refractivity contribution in [2.75, 3.05) is 0 Å². The van der Waals surface area contributed by atoms with Crippen LogP contribution in [0.5, 0.6) is 0 Å². The fourth-order valence-corrected chi connectivity index (χ4v) is 1.88. The Morgan fingerprint density at radius 3 is 2.82 bits per heavy atom. The number of aryl methyl sites for hydroxylation is 2. The maximum Gasteiger partial charge on any atom is 0.170 e. The first kappa shape index (κ1) is 11.8. The molecular formula is C12H12ClN3O. The summed E-state index contributed by atoms with van der Waals surface area (Å²) in [6.45, 7) is 1.82. The van der Waals surface area contributed by atoms with Crippen molar-refractivity contribution < 1.29 is 4.79 Å². The molecule has 0 saturated heterocycles. The number of ketones is 1. The van der Waals surface area contributed by atoms with Crippen LogP contribution in [0.3, 0.4) is 0 Å². The second-order valence-electron chi connectivity index (χ2n) is 3.81. The average molecular weight is 250 g/mol. The summed E-state index contributed by atoms with van der Waals surface area (Å²) in [7, 11) is 1.78. The minimum atomic E-state index is -0.0111. The third kappa shape index (κ3) is 2.36. The predicted octanol–water partition coefficient (Wildman–Crippen LogP) is 2.20. The predicted molar refractivity (Wildman–Crippen MR) is 65.2 cm³/mol. The van der Waals surface area contributed by atoms with E-state index in [1.54, 1.807) is 36.3 Å². The molecule has 0 saturated carbocycles. The highest BCUT2D eigenvalue weighted by atomic mass is 35.5. The van der Waals surface area contributed by atoms with Crippen molar-refractivity contribution in [3.05, 3.63) is 46.5 Å². The van der Waals surface area contributed by atoms with Crippen LogP contribution in [-0.2, 0) is 13.5 Å². The van der Waals surface area contributed by atoms with Crippen LogP contribution in [0.1, 0.15) is 21.7 Å². The van der Waals surface area contributed by atoms with E-state index in [4.69, 9.17) is 11.6 Å². The Bertz CT molecular complexity index is 548. The normalized spacial score (nSPS) is 10.5. The van der Waals surface area contributed by atoms with Crippen molar-refractivity contribution in [1.82, 2.24) is 14.8 Å². The van der Waals surface area contributed by atoms with E-state index < -0.39 is 0 Å². The van der Waals surface area contributed by atoms with Crippen molar-refractivity contribution in [3.63, 3.8) is 0 Å². The lowest BCUT2D eigenvalue weighted by Crippen LogP contribution is -2.08. The molecule has 0 amide bonds. The molecule has 0 bridgehead atoms. The number of halogens is 1. The van der Waals surface area contributed by atoms with Crippen molar-refractivity contribution >= 4 is 17.4 Å². The fourth-order valence-electron chi connectivity index (χ4n) is 1.65. The van der Waals surface area contributed by atoms with E-state index in [9.17, 15) is 4.79 Å². The zero-order valence-electron chi connectivity index (χ0n) is 9.64. The van der Waals surface area contributed by atoms with Crippen LogP contribution in [0.15, 0.2) is 24.5 Å². The molecule has 0 aliphatic carbocycles. The molecule has 0 radical (unpaired) electrons. The first-order valence-electron chi connectivity index (χ1n) is 5.21. The Kier molecular flexibility index (Phi) is 3.24. The first-order valence-corrected chi connectivity index (χ1v) is 5.58. The molecule has 2 aromatic heterocycles. The average Bonchev–Trinajstić information content (AvgIpc) is 2.57. The molecule has 0 unspecified atom stereocenters. The lowest BCUT2D eigenvalue weighted by atomic mass is 10.1. The Balaban J connectivity index is 2.25. The maximum atomic E-state index is 12.0. The Labute approximate surface area is 104 Å². The number of aromatic nitrogens is 3. The molecule has 4 nitrogen and oxygen atoms in total. The highest BCUT2D eigenvalue weighted by Crippen LogP contribution is 2.20. The number of carbonyl (C=O) groups excluding carboxylic acids is 1. The van der Waals surface area contributed by atoms with Gasteiger partial charge in [-0.1, -0.05) is 11.6 Å². The quantitative estimate of drug-likeness (QED) is 0.784. The molecule has 0 fully saturated rings. The van der Waals surface area contributed by atoms with Gasteiger partial charge in [-0.2, -0.15) is 5.10 Å². The van der Waals surface area contributed by atoms with Gasteiger partial charge in [0.2, 0.25) is 0 Å². The summed E-state index contributed by atoms with van der Waals surface area (Å²) < 4.78 is 1.64. The van der Waals surface area contributed by atoms with Crippen LogP contribution in [0.2, 0.25) is 5.02 Å². The highest BCUT2D eigenvalue weighted by Gasteiger charge is 2.15. The molecule has 5 heteroatoms. The van der Waals surface area contributed by atoms with E-state index >= 15 is 0 Å². The van der Waals surface area contributed by atoms with E-state index in [-0.39, 0.29) is 12.2 Å². The monoisotopic (exact) mass is 249 g/mol. The Morgan fingerprint density at radius 1 is 1.53 bits per heavy atom. The van der Waals surface area contributed by atoms with Gasteiger partial charge in [-0.25, -0.2) is 0 Å². The van der Waals surface area contributed by atoms with E-state index in [0.717, 1.165) is 11.4 Å². The number of carbonyl (C=O) groups is 1. The van der Waals surface area contributed by atoms with E-state index in [0.29, 0.717) is 10.6 Å². The summed E-state index contributed by atoms with van der Waals surface area (Å²) >= 11 is 6.09. The summed E-state index contributed by atoms with van der Waals surface area (Å²) in [6, 6.07) is 3.48. The van der Waals surface area contributed by atoms with Crippen LogP contribution in [0.4, 0.5) is 0 Å². The molecule has 2 aromatic rings. The molecule has 88 valence electrons. The van der Waals surface area contributed by atoms with Gasteiger partial charge in [0.15, 0.2) is 5.78 Å². The topological polar surface area (TPSA) is 47.8 Å². The van der Waals surface area contributed by atoms with Gasteiger partial charge >= 0.3 is 0 Å². The Morgan fingerprint density at radius 2 is 2.29 bits per heavy atom. The van der Waals surface area contributed by atoms with Gasteiger partial charge in [0.1, 0.15) is 0 Å². The molecule has 2 rings (SSSR count).